The Morgan fingerprint density at radius 1 is 0.760 bits per heavy atom. The minimum atomic E-state index is -1.29. The molecule has 2 aliphatic heterocycles. The summed E-state index contributed by atoms with van der Waals surface area (Å²) in [5.41, 5.74) is 1.68. The van der Waals surface area contributed by atoms with Gasteiger partial charge in [-0.3, -0.25) is 28.9 Å². The second-order valence-corrected chi connectivity index (χ2v) is 13.7. The number of rotatable bonds is 6. The maximum atomic E-state index is 14.6. The number of carbonyl (C=O) groups is 5. The summed E-state index contributed by atoms with van der Waals surface area (Å²) in [6, 6.07) is 28.9. The lowest BCUT2D eigenvalue weighted by Crippen LogP contribution is -2.48. The molecule has 6 atom stereocenters. The molecule has 1 N–H and O–H groups in total. The van der Waals surface area contributed by atoms with E-state index < -0.39 is 35.0 Å². The van der Waals surface area contributed by atoms with E-state index >= 15 is 0 Å². The van der Waals surface area contributed by atoms with E-state index in [4.69, 9.17) is 4.74 Å². The van der Waals surface area contributed by atoms with E-state index in [9.17, 15) is 29.1 Å². The first-order valence-electron chi connectivity index (χ1n) is 16.7. The van der Waals surface area contributed by atoms with Gasteiger partial charge in [-0.15, -0.1) is 0 Å². The predicted molar refractivity (Wildman–Crippen MR) is 185 cm³/mol. The molecule has 4 aromatic carbocycles. The highest BCUT2D eigenvalue weighted by atomic mass is 16.5. The lowest BCUT2D eigenvalue weighted by Gasteiger charge is -2.49. The number of phenols is 1. The number of hydrogen-bond acceptors (Lipinski definition) is 7. The minimum Gasteiger partial charge on any atom is -0.508 e. The van der Waals surface area contributed by atoms with Gasteiger partial charge < -0.3 is 9.84 Å². The monoisotopic (exact) mass is 666 g/mol. The van der Waals surface area contributed by atoms with E-state index in [1.165, 1.54) is 23.0 Å². The minimum absolute atomic E-state index is 0.0570. The van der Waals surface area contributed by atoms with Gasteiger partial charge in [0.2, 0.25) is 23.6 Å². The summed E-state index contributed by atoms with van der Waals surface area (Å²) in [6.07, 6.45) is 2.39. The van der Waals surface area contributed by atoms with Crippen molar-refractivity contribution in [2.24, 2.45) is 29.1 Å². The van der Waals surface area contributed by atoms with Crippen LogP contribution >= 0.6 is 0 Å². The van der Waals surface area contributed by atoms with E-state index in [1.807, 2.05) is 18.2 Å². The lowest BCUT2D eigenvalue weighted by molar-refractivity contribution is -0.131. The van der Waals surface area contributed by atoms with Crippen molar-refractivity contribution in [1.82, 2.24) is 0 Å². The third kappa shape index (κ3) is 4.49. The summed E-state index contributed by atoms with van der Waals surface area (Å²) in [5, 5.41) is 11.3. The Bertz CT molecular complexity index is 2110. The van der Waals surface area contributed by atoms with E-state index in [1.54, 1.807) is 91.9 Å². The SMILES string of the molecule is COc1ccc(O)c([C@H]2C3=CC[C@@H]4C(=O)N(c5ccc(C(=O)c6ccccc6)cc5)C(=O)[C@@H]4[C@@H]3C[C@H]3C(=O)N(c4ccccc4)C(=O)[C@@]23C)c1. The molecule has 0 spiro atoms. The number of benzene rings is 4. The van der Waals surface area contributed by atoms with Crippen LogP contribution in [0.1, 0.15) is 47.2 Å². The highest BCUT2D eigenvalue weighted by molar-refractivity contribution is 6.25. The van der Waals surface area contributed by atoms with E-state index in [2.05, 4.69) is 0 Å². The van der Waals surface area contributed by atoms with Crippen molar-refractivity contribution in [3.05, 3.63) is 131 Å². The van der Waals surface area contributed by atoms with Crippen LogP contribution in [0.3, 0.4) is 0 Å². The van der Waals surface area contributed by atoms with Crippen molar-refractivity contribution in [3.8, 4) is 11.5 Å². The van der Waals surface area contributed by atoms with Crippen molar-refractivity contribution >= 4 is 40.8 Å². The fourth-order valence-corrected chi connectivity index (χ4v) is 8.85. The zero-order chi connectivity index (χ0) is 34.9. The Morgan fingerprint density at radius 3 is 2.08 bits per heavy atom. The molecule has 3 fully saturated rings. The number of methoxy groups -OCH3 is 1. The number of nitrogens with zero attached hydrogens (tertiary/aromatic N) is 2. The molecule has 2 saturated heterocycles. The van der Waals surface area contributed by atoms with E-state index in [0.717, 1.165) is 5.57 Å². The zero-order valence-corrected chi connectivity index (χ0v) is 27.5. The lowest BCUT2D eigenvalue weighted by atomic mass is 9.51. The van der Waals surface area contributed by atoms with Crippen LogP contribution in [-0.2, 0) is 19.2 Å². The van der Waals surface area contributed by atoms with E-state index in [-0.39, 0.29) is 48.0 Å². The first kappa shape index (κ1) is 31.4. The molecule has 0 radical (unpaired) electrons. The average Bonchev–Trinajstić information content (AvgIpc) is 3.51. The fraction of sp³-hybridized carbons (Fsp3) is 0.244. The molecule has 1 saturated carbocycles. The highest BCUT2D eigenvalue weighted by Gasteiger charge is 2.68. The van der Waals surface area contributed by atoms with Crippen molar-refractivity contribution in [1.29, 1.82) is 0 Å². The number of fused-ring (bicyclic) bond motifs is 4. The van der Waals surface area contributed by atoms with Crippen LogP contribution in [0.15, 0.2) is 115 Å². The molecule has 2 aliphatic carbocycles. The molecule has 4 aliphatic rings. The van der Waals surface area contributed by atoms with Crippen LogP contribution in [-0.4, -0.2) is 41.6 Å². The molecule has 0 aromatic heterocycles. The van der Waals surface area contributed by atoms with Crippen LogP contribution in [0.2, 0.25) is 0 Å². The normalized spacial score (nSPS) is 27.1. The molecule has 250 valence electrons. The molecule has 4 amide bonds. The summed E-state index contributed by atoms with van der Waals surface area (Å²) < 4.78 is 5.51. The summed E-state index contributed by atoms with van der Waals surface area (Å²) in [7, 11) is 1.51. The van der Waals surface area contributed by atoms with Crippen molar-refractivity contribution < 1.29 is 33.8 Å². The first-order chi connectivity index (χ1) is 24.1. The number of ketones is 1. The van der Waals surface area contributed by atoms with Gasteiger partial charge in [0.25, 0.3) is 0 Å². The molecule has 0 unspecified atom stereocenters. The fourth-order valence-electron chi connectivity index (χ4n) is 8.85. The van der Waals surface area contributed by atoms with Gasteiger partial charge in [-0.2, -0.15) is 0 Å². The maximum absolute atomic E-state index is 14.6. The smallest absolute Gasteiger partial charge is 0.241 e. The number of amides is 4. The van der Waals surface area contributed by atoms with Crippen LogP contribution in [0.25, 0.3) is 0 Å². The Labute approximate surface area is 288 Å². The number of anilines is 2. The number of hydrogen-bond donors (Lipinski definition) is 1. The van der Waals surface area contributed by atoms with Gasteiger partial charge in [0.15, 0.2) is 5.78 Å². The van der Waals surface area contributed by atoms with Crippen molar-refractivity contribution in [2.45, 2.75) is 25.7 Å². The Balaban J connectivity index is 1.19. The number of para-hydroxylation sites is 1. The van der Waals surface area contributed by atoms with Gasteiger partial charge in [0.05, 0.1) is 41.7 Å². The largest absolute Gasteiger partial charge is 0.508 e. The Morgan fingerprint density at radius 2 is 1.40 bits per heavy atom. The molecular weight excluding hydrogens is 632 g/mol. The number of aromatic hydroxyl groups is 1. The number of carbonyl (C=O) groups excluding carboxylic acids is 5. The average molecular weight is 667 g/mol. The van der Waals surface area contributed by atoms with Gasteiger partial charge in [-0.25, -0.2) is 4.90 Å². The molecule has 50 heavy (non-hydrogen) atoms. The number of phenolic OH excluding ortho intramolecular Hbond substituents is 1. The molecule has 0 bridgehead atoms. The van der Waals surface area contributed by atoms with Gasteiger partial charge >= 0.3 is 0 Å². The number of ether oxygens (including phenoxy) is 1. The molecule has 9 nitrogen and oxygen atoms in total. The Hall–Kier alpha value is -5.83. The first-order valence-corrected chi connectivity index (χ1v) is 16.7. The topological polar surface area (TPSA) is 121 Å². The second-order valence-electron chi connectivity index (χ2n) is 13.7. The molecule has 4 aromatic rings. The Kier molecular flexibility index (Phi) is 7.33. The molecule has 8 rings (SSSR count). The third-order valence-electron chi connectivity index (χ3n) is 11.3. The van der Waals surface area contributed by atoms with Crippen LogP contribution in [0.5, 0.6) is 11.5 Å². The standard InChI is InChI=1S/C41H34N2O7/c1-41-32(38(47)43(40(41)49)25-11-7-4-8-12-25)22-30-28(35(41)31-21-27(50-2)17-20-33(31)44)18-19-29-34(30)39(48)42(37(29)46)26-15-13-24(14-16-26)36(45)23-9-5-3-6-10-23/h3-18,20-21,29-30,32,34-35,44H,19,22H2,1-2H3/t29-,30+,32-,34-,35+,41+/m0/s1. The number of imide groups is 2. The van der Waals surface area contributed by atoms with E-state index in [0.29, 0.717) is 33.8 Å². The van der Waals surface area contributed by atoms with Gasteiger partial charge in [-0.1, -0.05) is 60.2 Å². The summed E-state index contributed by atoms with van der Waals surface area (Å²) in [5.74, 6) is -4.82. The molecule has 9 heteroatoms. The quantitative estimate of drug-likeness (QED) is 0.151. The molecular formula is C41H34N2O7. The predicted octanol–water partition coefficient (Wildman–Crippen LogP) is 6.07. The summed E-state index contributed by atoms with van der Waals surface area (Å²) in [6.45, 7) is 1.78. The summed E-state index contributed by atoms with van der Waals surface area (Å²) in [4.78, 5) is 72.8. The van der Waals surface area contributed by atoms with Gasteiger partial charge in [0.1, 0.15) is 11.5 Å². The van der Waals surface area contributed by atoms with Gasteiger partial charge in [0, 0.05) is 22.6 Å². The summed E-state index contributed by atoms with van der Waals surface area (Å²) >= 11 is 0. The van der Waals surface area contributed by atoms with Crippen molar-refractivity contribution in [3.63, 3.8) is 0 Å². The van der Waals surface area contributed by atoms with Crippen LogP contribution < -0.4 is 14.5 Å². The van der Waals surface area contributed by atoms with Crippen LogP contribution in [0, 0.1) is 29.1 Å². The highest BCUT2D eigenvalue weighted by Crippen LogP contribution is 2.64. The van der Waals surface area contributed by atoms with Crippen molar-refractivity contribution in [2.75, 3.05) is 16.9 Å². The second kappa shape index (κ2) is 11.7. The number of allylic oxidation sites excluding steroid dienone is 2. The zero-order valence-electron chi connectivity index (χ0n) is 27.5. The van der Waals surface area contributed by atoms with Crippen LogP contribution in [0.4, 0.5) is 11.4 Å². The van der Waals surface area contributed by atoms with Gasteiger partial charge in [-0.05, 0) is 80.3 Å². The third-order valence-corrected chi connectivity index (χ3v) is 11.3. The molecule has 2 heterocycles. The maximum Gasteiger partial charge on any atom is 0.241 e.